The minimum Gasteiger partial charge on any atom is -0.338 e. The van der Waals surface area contributed by atoms with Crippen LogP contribution in [0.15, 0.2) is 18.2 Å². The standard InChI is InChI=1S/C13H17ClN2O/c1-9-2-3-11(6-12(9)14)13(17)16-5-4-10(7-15)8-16/h2-3,6,10H,4-5,7-8,15H2,1H3. The smallest absolute Gasteiger partial charge is 0.253 e. The summed E-state index contributed by atoms with van der Waals surface area (Å²) >= 11 is 6.03. The molecule has 1 aromatic carbocycles. The average Bonchev–Trinajstić information content (AvgIpc) is 2.80. The fraction of sp³-hybridized carbons (Fsp3) is 0.462. The molecule has 1 saturated heterocycles. The number of nitrogens with zero attached hydrogens (tertiary/aromatic N) is 1. The SMILES string of the molecule is Cc1ccc(C(=O)N2CCC(CN)C2)cc1Cl. The number of amides is 1. The van der Waals surface area contributed by atoms with Gasteiger partial charge in [-0.3, -0.25) is 4.79 Å². The highest BCUT2D eigenvalue weighted by Crippen LogP contribution is 2.21. The normalized spacial score (nSPS) is 19.7. The number of likely N-dealkylation sites (tertiary alicyclic amines) is 1. The molecule has 1 atom stereocenters. The Hall–Kier alpha value is -1.06. The summed E-state index contributed by atoms with van der Waals surface area (Å²) in [4.78, 5) is 14.1. The lowest BCUT2D eigenvalue weighted by molar-refractivity contribution is 0.0787. The summed E-state index contributed by atoms with van der Waals surface area (Å²) in [5, 5.41) is 0.644. The largest absolute Gasteiger partial charge is 0.338 e. The van der Waals surface area contributed by atoms with Gasteiger partial charge in [0.15, 0.2) is 0 Å². The first-order chi connectivity index (χ1) is 8.11. The van der Waals surface area contributed by atoms with Gasteiger partial charge in [0.1, 0.15) is 0 Å². The van der Waals surface area contributed by atoms with E-state index in [0.29, 0.717) is 23.0 Å². The van der Waals surface area contributed by atoms with Crippen molar-refractivity contribution in [1.29, 1.82) is 0 Å². The fourth-order valence-corrected chi connectivity index (χ4v) is 2.30. The number of halogens is 1. The van der Waals surface area contributed by atoms with Crippen LogP contribution in [0.2, 0.25) is 5.02 Å². The summed E-state index contributed by atoms with van der Waals surface area (Å²) in [5.41, 5.74) is 7.28. The summed E-state index contributed by atoms with van der Waals surface area (Å²) in [5.74, 6) is 0.503. The highest BCUT2D eigenvalue weighted by Gasteiger charge is 2.26. The zero-order valence-corrected chi connectivity index (χ0v) is 10.7. The molecule has 92 valence electrons. The van der Waals surface area contributed by atoms with E-state index >= 15 is 0 Å². The Morgan fingerprint density at radius 2 is 2.35 bits per heavy atom. The molecule has 0 spiro atoms. The van der Waals surface area contributed by atoms with Gasteiger partial charge in [0, 0.05) is 23.7 Å². The quantitative estimate of drug-likeness (QED) is 0.876. The van der Waals surface area contributed by atoms with Crippen LogP contribution in [0.25, 0.3) is 0 Å². The molecule has 1 fully saturated rings. The number of carbonyl (C=O) groups excluding carboxylic acids is 1. The molecule has 1 aliphatic rings. The van der Waals surface area contributed by atoms with Gasteiger partial charge in [-0.15, -0.1) is 0 Å². The molecule has 0 radical (unpaired) electrons. The topological polar surface area (TPSA) is 46.3 Å². The second kappa shape index (κ2) is 5.07. The van der Waals surface area contributed by atoms with E-state index in [9.17, 15) is 4.79 Å². The van der Waals surface area contributed by atoms with Crippen LogP contribution in [0.1, 0.15) is 22.3 Å². The van der Waals surface area contributed by atoms with E-state index in [-0.39, 0.29) is 5.91 Å². The van der Waals surface area contributed by atoms with E-state index < -0.39 is 0 Å². The van der Waals surface area contributed by atoms with Gasteiger partial charge in [0.2, 0.25) is 0 Å². The van der Waals surface area contributed by atoms with E-state index in [1.165, 1.54) is 0 Å². The van der Waals surface area contributed by atoms with Crippen molar-refractivity contribution < 1.29 is 4.79 Å². The summed E-state index contributed by atoms with van der Waals surface area (Å²) < 4.78 is 0. The number of benzene rings is 1. The predicted molar refractivity (Wildman–Crippen MR) is 69.3 cm³/mol. The van der Waals surface area contributed by atoms with Crippen molar-refractivity contribution in [3.63, 3.8) is 0 Å². The van der Waals surface area contributed by atoms with E-state index in [1.54, 1.807) is 6.07 Å². The molecule has 2 rings (SSSR count). The lowest BCUT2D eigenvalue weighted by atomic mass is 10.1. The molecule has 1 unspecified atom stereocenters. The van der Waals surface area contributed by atoms with E-state index in [4.69, 9.17) is 17.3 Å². The molecule has 1 heterocycles. The molecule has 4 heteroatoms. The molecule has 1 amide bonds. The third kappa shape index (κ3) is 2.61. The molecule has 0 aliphatic carbocycles. The number of hydrogen-bond acceptors (Lipinski definition) is 2. The van der Waals surface area contributed by atoms with Gasteiger partial charge in [-0.25, -0.2) is 0 Å². The van der Waals surface area contributed by atoms with Crippen molar-refractivity contribution in [2.45, 2.75) is 13.3 Å². The van der Waals surface area contributed by atoms with Crippen molar-refractivity contribution in [3.8, 4) is 0 Å². The third-order valence-electron chi connectivity index (χ3n) is 3.33. The molecule has 1 aromatic rings. The first kappa shape index (κ1) is 12.4. The fourth-order valence-electron chi connectivity index (χ4n) is 2.12. The van der Waals surface area contributed by atoms with E-state index in [0.717, 1.165) is 25.1 Å². The zero-order valence-electron chi connectivity index (χ0n) is 9.95. The van der Waals surface area contributed by atoms with Gasteiger partial charge in [0.25, 0.3) is 5.91 Å². The van der Waals surface area contributed by atoms with Gasteiger partial charge in [-0.1, -0.05) is 17.7 Å². The molecule has 0 saturated carbocycles. The van der Waals surface area contributed by atoms with Gasteiger partial charge in [0.05, 0.1) is 0 Å². The Balaban J connectivity index is 2.12. The third-order valence-corrected chi connectivity index (χ3v) is 3.73. The number of hydrogen-bond donors (Lipinski definition) is 1. The number of nitrogens with two attached hydrogens (primary N) is 1. The minimum absolute atomic E-state index is 0.0582. The van der Waals surface area contributed by atoms with Crippen LogP contribution in [0.3, 0.4) is 0 Å². The van der Waals surface area contributed by atoms with Crippen LogP contribution in [0, 0.1) is 12.8 Å². The second-order valence-corrected chi connectivity index (χ2v) is 5.01. The summed E-state index contributed by atoms with van der Waals surface area (Å²) in [6.07, 6.45) is 1.00. The molecular weight excluding hydrogens is 236 g/mol. The van der Waals surface area contributed by atoms with Gasteiger partial charge in [-0.05, 0) is 43.5 Å². The maximum atomic E-state index is 12.2. The zero-order chi connectivity index (χ0) is 12.4. The summed E-state index contributed by atoms with van der Waals surface area (Å²) in [7, 11) is 0. The Morgan fingerprint density at radius 3 is 2.94 bits per heavy atom. The lowest BCUT2D eigenvalue weighted by Crippen LogP contribution is -2.29. The molecular formula is C13H17ClN2O. The number of rotatable bonds is 2. The monoisotopic (exact) mass is 252 g/mol. The maximum absolute atomic E-state index is 12.2. The first-order valence-corrected chi connectivity index (χ1v) is 6.25. The van der Waals surface area contributed by atoms with Crippen molar-refractivity contribution in [2.24, 2.45) is 11.7 Å². The molecule has 0 bridgehead atoms. The van der Waals surface area contributed by atoms with Crippen LogP contribution in [0.4, 0.5) is 0 Å². The van der Waals surface area contributed by atoms with Gasteiger partial charge < -0.3 is 10.6 Å². The molecule has 3 nitrogen and oxygen atoms in total. The lowest BCUT2D eigenvalue weighted by Gasteiger charge is -2.16. The van der Waals surface area contributed by atoms with E-state index in [2.05, 4.69) is 0 Å². The molecule has 0 aromatic heterocycles. The Labute approximate surface area is 107 Å². The van der Waals surface area contributed by atoms with Crippen molar-refractivity contribution in [3.05, 3.63) is 34.3 Å². The van der Waals surface area contributed by atoms with Crippen molar-refractivity contribution in [1.82, 2.24) is 4.90 Å². The van der Waals surface area contributed by atoms with Crippen LogP contribution >= 0.6 is 11.6 Å². The summed E-state index contributed by atoms with van der Waals surface area (Å²) in [6, 6.07) is 5.46. The second-order valence-electron chi connectivity index (χ2n) is 4.61. The van der Waals surface area contributed by atoms with Crippen LogP contribution in [-0.2, 0) is 0 Å². The van der Waals surface area contributed by atoms with Gasteiger partial charge >= 0.3 is 0 Å². The van der Waals surface area contributed by atoms with E-state index in [1.807, 2.05) is 24.0 Å². The Morgan fingerprint density at radius 1 is 1.59 bits per heavy atom. The van der Waals surface area contributed by atoms with Crippen molar-refractivity contribution >= 4 is 17.5 Å². The average molecular weight is 253 g/mol. The number of carbonyl (C=O) groups is 1. The van der Waals surface area contributed by atoms with Gasteiger partial charge in [-0.2, -0.15) is 0 Å². The molecule has 1 aliphatic heterocycles. The first-order valence-electron chi connectivity index (χ1n) is 5.87. The Bertz CT molecular complexity index is 433. The highest BCUT2D eigenvalue weighted by molar-refractivity contribution is 6.31. The van der Waals surface area contributed by atoms with Crippen molar-refractivity contribution in [2.75, 3.05) is 19.6 Å². The molecule has 17 heavy (non-hydrogen) atoms. The number of aryl methyl sites for hydroxylation is 1. The highest BCUT2D eigenvalue weighted by atomic mass is 35.5. The Kier molecular flexibility index (Phi) is 3.69. The van der Waals surface area contributed by atoms with Crippen LogP contribution in [0.5, 0.6) is 0 Å². The summed E-state index contributed by atoms with van der Waals surface area (Å²) in [6.45, 7) is 4.14. The minimum atomic E-state index is 0.0582. The van der Waals surface area contributed by atoms with Crippen LogP contribution in [-0.4, -0.2) is 30.4 Å². The van der Waals surface area contributed by atoms with Crippen LogP contribution < -0.4 is 5.73 Å². The maximum Gasteiger partial charge on any atom is 0.253 e. The predicted octanol–water partition coefficient (Wildman–Crippen LogP) is 2.07. The molecule has 2 N–H and O–H groups in total.